The maximum atomic E-state index is 15.4. The minimum Gasteiger partial charge on any atom is -0.458 e. The Hall–Kier alpha value is -5.55. The number of ether oxygens (including phenoxy) is 2. The van der Waals surface area contributed by atoms with Crippen molar-refractivity contribution < 1.29 is 36.9 Å². The molecule has 0 atom stereocenters. The van der Waals surface area contributed by atoms with Gasteiger partial charge in [0.2, 0.25) is 0 Å². The van der Waals surface area contributed by atoms with Crippen LogP contribution in [0.5, 0.6) is 6.01 Å². The van der Waals surface area contributed by atoms with E-state index in [1.807, 2.05) is 6.07 Å². The fourth-order valence-electron chi connectivity index (χ4n) is 4.52. The minimum absolute atomic E-state index is 0.0293. The van der Waals surface area contributed by atoms with Crippen LogP contribution in [0.15, 0.2) is 54.6 Å². The second-order valence-corrected chi connectivity index (χ2v) is 9.51. The Morgan fingerprint density at radius 2 is 1.77 bits per heavy atom. The molecule has 0 bridgehead atoms. The van der Waals surface area contributed by atoms with Gasteiger partial charge in [0.15, 0.2) is 0 Å². The molecule has 0 saturated heterocycles. The SMILES string of the molecule is COCCn1c(Cc2cc(F)c(-c3cc(N)nc(OCc4ccc(C#N)cc4F)n3)cc2F)nc2ccc(C(=O)OF)cc21. The standard InChI is InChI=1S/C30H22F4N6O4/c1-42-7-6-40-26-10-17(29(41)44-34)4-5-24(26)37-28(40)11-19-9-23(33)20(12-22(19)32)25-13-27(36)39-30(38-25)43-15-18-3-2-16(14-35)8-21(18)31/h2-5,8-10,12-13H,6-7,11,15H2,1H3,(H2,36,38,39). The van der Waals surface area contributed by atoms with Crippen LogP contribution >= 0.6 is 0 Å². The molecule has 2 N–H and O–H groups in total. The molecule has 5 rings (SSSR count). The average molecular weight is 607 g/mol. The molecule has 14 heteroatoms. The number of nitrogen functional groups attached to an aromatic ring is 1. The lowest BCUT2D eigenvalue weighted by molar-refractivity contribution is -0.0787. The molecule has 0 aliphatic rings. The molecule has 0 aliphatic carbocycles. The number of hydrogen-bond donors (Lipinski definition) is 1. The molecule has 224 valence electrons. The summed E-state index contributed by atoms with van der Waals surface area (Å²) in [6.07, 6.45) is -0.138. The number of nitrogens with two attached hydrogens (primary N) is 1. The van der Waals surface area contributed by atoms with Crippen LogP contribution in [0.25, 0.3) is 22.3 Å². The van der Waals surface area contributed by atoms with E-state index in [9.17, 15) is 13.7 Å². The number of fused-ring (bicyclic) bond motifs is 1. The normalized spacial score (nSPS) is 11.0. The number of imidazole rings is 1. The van der Waals surface area contributed by atoms with Gasteiger partial charge in [-0.1, -0.05) is 6.07 Å². The molecule has 0 saturated carbocycles. The number of anilines is 1. The van der Waals surface area contributed by atoms with Crippen molar-refractivity contribution in [3.05, 3.63) is 100 Å². The number of methoxy groups -OCH3 is 1. The Morgan fingerprint density at radius 1 is 0.977 bits per heavy atom. The molecule has 10 nitrogen and oxygen atoms in total. The third kappa shape index (κ3) is 6.27. The number of nitriles is 1. The molecule has 2 aromatic heterocycles. The van der Waals surface area contributed by atoms with E-state index in [-0.39, 0.29) is 71.5 Å². The predicted molar refractivity (Wildman–Crippen MR) is 148 cm³/mol. The van der Waals surface area contributed by atoms with Crippen molar-refractivity contribution in [2.24, 2.45) is 0 Å². The molecule has 2 heterocycles. The number of aromatic nitrogens is 4. The first-order valence-corrected chi connectivity index (χ1v) is 13.0. The summed E-state index contributed by atoms with van der Waals surface area (Å²) in [6, 6.07) is 12.8. The topological polar surface area (TPSA) is 138 Å². The average Bonchev–Trinajstić information content (AvgIpc) is 3.36. The number of benzene rings is 3. The monoisotopic (exact) mass is 606 g/mol. The lowest BCUT2D eigenvalue weighted by Crippen LogP contribution is -2.10. The van der Waals surface area contributed by atoms with Gasteiger partial charge >= 0.3 is 12.0 Å². The van der Waals surface area contributed by atoms with Crippen LogP contribution in [-0.2, 0) is 29.3 Å². The van der Waals surface area contributed by atoms with Crippen LogP contribution in [-0.4, -0.2) is 39.2 Å². The van der Waals surface area contributed by atoms with E-state index < -0.39 is 23.4 Å². The summed E-state index contributed by atoms with van der Waals surface area (Å²) in [4.78, 5) is 27.5. The molecule has 0 unspecified atom stereocenters. The summed E-state index contributed by atoms with van der Waals surface area (Å²) in [5.74, 6) is -3.21. The van der Waals surface area contributed by atoms with Crippen LogP contribution in [0.4, 0.5) is 23.5 Å². The fraction of sp³-hybridized carbons (Fsp3) is 0.167. The molecular weight excluding hydrogens is 584 g/mol. The number of carbonyl (C=O) groups excluding carboxylic acids is 1. The highest BCUT2D eigenvalue weighted by Gasteiger charge is 2.20. The molecular formula is C30H22F4N6O4. The highest BCUT2D eigenvalue weighted by atomic mass is 19.3. The zero-order chi connectivity index (χ0) is 31.4. The molecule has 44 heavy (non-hydrogen) atoms. The third-order valence-corrected chi connectivity index (χ3v) is 6.68. The first-order valence-electron chi connectivity index (χ1n) is 13.0. The highest BCUT2D eigenvalue weighted by molar-refractivity contribution is 5.93. The van der Waals surface area contributed by atoms with Crippen LogP contribution in [0.3, 0.4) is 0 Å². The summed E-state index contributed by atoms with van der Waals surface area (Å²) in [5.41, 5.74) is 6.61. The third-order valence-electron chi connectivity index (χ3n) is 6.68. The van der Waals surface area contributed by atoms with E-state index in [4.69, 9.17) is 20.5 Å². The lowest BCUT2D eigenvalue weighted by atomic mass is 10.0. The molecule has 0 aliphatic heterocycles. The van der Waals surface area contributed by atoms with Gasteiger partial charge in [0.1, 0.15) is 35.7 Å². The van der Waals surface area contributed by atoms with Gasteiger partial charge in [-0.3, -0.25) is 0 Å². The van der Waals surface area contributed by atoms with Gasteiger partial charge < -0.3 is 19.8 Å². The van der Waals surface area contributed by atoms with Crippen LogP contribution < -0.4 is 10.5 Å². The van der Waals surface area contributed by atoms with Crippen molar-refractivity contribution in [3.63, 3.8) is 0 Å². The second kappa shape index (κ2) is 12.8. The predicted octanol–water partition coefficient (Wildman–Crippen LogP) is 5.22. The lowest BCUT2D eigenvalue weighted by Gasteiger charge is -2.12. The van der Waals surface area contributed by atoms with E-state index in [0.29, 0.717) is 16.9 Å². The summed E-state index contributed by atoms with van der Waals surface area (Å²) in [5, 5.41) is 8.90. The van der Waals surface area contributed by atoms with Crippen LogP contribution in [0, 0.1) is 28.8 Å². The minimum atomic E-state index is -1.18. The first-order chi connectivity index (χ1) is 21.2. The number of carbonyl (C=O) groups is 1. The van der Waals surface area contributed by atoms with Crippen molar-refractivity contribution in [2.75, 3.05) is 19.5 Å². The smallest absolute Gasteiger partial charge is 0.379 e. The summed E-state index contributed by atoms with van der Waals surface area (Å²) in [7, 11) is 1.49. The zero-order valence-corrected chi connectivity index (χ0v) is 23.0. The van der Waals surface area contributed by atoms with Gasteiger partial charge in [-0.15, -0.1) is 0 Å². The Labute approximate surface area is 247 Å². The summed E-state index contributed by atoms with van der Waals surface area (Å²) >= 11 is 0. The fourth-order valence-corrected chi connectivity index (χ4v) is 4.52. The molecule has 3 aromatic carbocycles. The molecule has 0 spiro atoms. The van der Waals surface area contributed by atoms with Crippen molar-refractivity contribution in [2.45, 2.75) is 19.6 Å². The molecule has 0 fully saturated rings. The Morgan fingerprint density at radius 3 is 2.50 bits per heavy atom. The first kappa shape index (κ1) is 29.9. The number of hydrogen-bond acceptors (Lipinski definition) is 9. The molecule has 5 aromatic rings. The Kier molecular flexibility index (Phi) is 8.68. The van der Waals surface area contributed by atoms with E-state index in [0.717, 1.165) is 18.2 Å². The van der Waals surface area contributed by atoms with Crippen molar-refractivity contribution in [3.8, 4) is 23.3 Å². The number of rotatable bonds is 10. The van der Waals surface area contributed by atoms with Crippen LogP contribution in [0.2, 0.25) is 0 Å². The summed E-state index contributed by atoms with van der Waals surface area (Å²) in [6.45, 7) is 0.189. The van der Waals surface area contributed by atoms with Gasteiger partial charge in [0.05, 0.1) is 40.5 Å². The van der Waals surface area contributed by atoms with Gasteiger partial charge in [-0.25, -0.2) is 27.9 Å². The highest BCUT2D eigenvalue weighted by Crippen LogP contribution is 2.29. The Bertz CT molecular complexity index is 1920. The maximum absolute atomic E-state index is 15.4. The van der Waals surface area contributed by atoms with E-state index >= 15 is 8.78 Å². The van der Waals surface area contributed by atoms with Gasteiger partial charge in [0, 0.05) is 41.8 Å². The van der Waals surface area contributed by atoms with E-state index in [1.165, 1.54) is 43.5 Å². The van der Waals surface area contributed by atoms with Crippen molar-refractivity contribution in [1.29, 1.82) is 5.26 Å². The Balaban J connectivity index is 1.43. The van der Waals surface area contributed by atoms with Gasteiger partial charge in [-0.05, 0) is 48.0 Å². The second-order valence-electron chi connectivity index (χ2n) is 9.51. The summed E-state index contributed by atoms with van der Waals surface area (Å²) < 4.78 is 69.8. The van der Waals surface area contributed by atoms with Crippen LogP contribution in [0.1, 0.15) is 32.9 Å². The molecule has 0 radical (unpaired) electrons. The number of halogens is 4. The van der Waals surface area contributed by atoms with Gasteiger partial charge in [-0.2, -0.15) is 15.2 Å². The van der Waals surface area contributed by atoms with Gasteiger partial charge in [0.25, 0.3) is 0 Å². The number of nitrogens with zero attached hydrogens (tertiary/aromatic N) is 5. The van der Waals surface area contributed by atoms with Crippen molar-refractivity contribution >= 4 is 22.8 Å². The van der Waals surface area contributed by atoms with E-state index in [2.05, 4.69) is 19.9 Å². The maximum Gasteiger partial charge on any atom is 0.379 e. The largest absolute Gasteiger partial charge is 0.458 e. The zero-order valence-electron chi connectivity index (χ0n) is 23.0. The molecule has 0 amide bonds. The van der Waals surface area contributed by atoms with Crippen molar-refractivity contribution in [1.82, 2.24) is 19.5 Å². The quantitative estimate of drug-likeness (QED) is 0.212. The van der Waals surface area contributed by atoms with E-state index in [1.54, 1.807) is 4.57 Å².